The van der Waals surface area contributed by atoms with E-state index in [1.54, 1.807) is 13.8 Å². The minimum Gasteiger partial charge on any atom is -0.477 e. The van der Waals surface area contributed by atoms with Crippen LogP contribution in [0.3, 0.4) is 0 Å². The smallest absolute Gasteiger partial charge is 0.345 e. The van der Waals surface area contributed by atoms with Crippen molar-refractivity contribution in [3.05, 3.63) is 15.8 Å². The van der Waals surface area contributed by atoms with Gasteiger partial charge in [0.2, 0.25) is 10.0 Å². The molecule has 7 heteroatoms. The molecule has 0 aromatic carbocycles. The highest BCUT2D eigenvalue weighted by atomic mass is 32.2. The van der Waals surface area contributed by atoms with Crippen LogP contribution in [0.5, 0.6) is 0 Å². The van der Waals surface area contributed by atoms with Crippen molar-refractivity contribution in [2.24, 2.45) is 0 Å². The number of carboxylic acids is 1. The van der Waals surface area contributed by atoms with Crippen molar-refractivity contribution in [1.82, 2.24) is 4.31 Å². The normalized spacial score (nSPS) is 12.0. The van der Waals surface area contributed by atoms with E-state index < -0.39 is 16.0 Å². The summed E-state index contributed by atoms with van der Waals surface area (Å²) in [5.74, 6) is -1.09. The summed E-state index contributed by atoms with van der Waals surface area (Å²) < 4.78 is 26.1. The molecule has 0 bridgehead atoms. The lowest BCUT2D eigenvalue weighted by molar-refractivity contribution is 0.0702. The lowest BCUT2D eigenvalue weighted by atomic mass is 10.4. The summed E-state index contributed by atoms with van der Waals surface area (Å²) in [7, 11) is -3.58. The molecular weight excluding hydrogens is 274 g/mol. The van der Waals surface area contributed by atoms with Crippen LogP contribution in [0.1, 0.15) is 34.8 Å². The van der Waals surface area contributed by atoms with Crippen LogP contribution in [0.4, 0.5) is 0 Å². The fraction of sp³-hybridized carbons (Fsp3) is 0.545. The van der Waals surface area contributed by atoms with E-state index in [1.165, 1.54) is 10.4 Å². The summed E-state index contributed by atoms with van der Waals surface area (Å²) in [4.78, 5) is 11.5. The summed E-state index contributed by atoms with van der Waals surface area (Å²) >= 11 is 0.990. The highest BCUT2D eigenvalue weighted by Gasteiger charge is 2.27. The van der Waals surface area contributed by atoms with Crippen LogP contribution in [0, 0.1) is 6.92 Å². The lowest BCUT2D eigenvalue weighted by Crippen LogP contribution is -2.31. The second-order valence-corrected chi connectivity index (χ2v) is 7.00. The summed E-state index contributed by atoms with van der Waals surface area (Å²) in [6.45, 7) is 6.13. The van der Waals surface area contributed by atoms with Crippen molar-refractivity contribution in [2.75, 3.05) is 13.1 Å². The van der Waals surface area contributed by atoms with E-state index in [-0.39, 0.29) is 9.77 Å². The van der Waals surface area contributed by atoms with Crippen molar-refractivity contribution in [2.45, 2.75) is 32.1 Å². The summed E-state index contributed by atoms with van der Waals surface area (Å²) in [6.07, 6.45) is 0.724. The van der Waals surface area contributed by atoms with Crippen molar-refractivity contribution in [1.29, 1.82) is 0 Å². The van der Waals surface area contributed by atoms with Gasteiger partial charge in [0.1, 0.15) is 4.88 Å². The lowest BCUT2D eigenvalue weighted by Gasteiger charge is -2.19. The number of aryl methyl sites for hydroxylation is 1. The van der Waals surface area contributed by atoms with Crippen LogP contribution in [-0.4, -0.2) is 36.9 Å². The number of thiophene rings is 1. The molecule has 0 saturated carbocycles. The number of aromatic carboxylic acids is 1. The van der Waals surface area contributed by atoms with Gasteiger partial charge in [-0.05, 0) is 19.4 Å². The van der Waals surface area contributed by atoms with Crippen LogP contribution in [-0.2, 0) is 10.0 Å². The molecular formula is C11H17NO4S2. The molecule has 1 rings (SSSR count). The van der Waals surface area contributed by atoms with Crippen molar-refractivity contribution < 1.29 is 18.3 Å². The van der Waals surface area contributed by atoms with Crippen LogP contribution < -0.4 is 0 Å². The zero-order chi connectivity index (χ0) is 13.9. The van der Waals surface area contributed by atoms with Gasteiger partial charge in [0, 0.05) is 18.0 Å². The minimum absolute atomic E-state index is 0.0543. The summed E-state index contributed by atoms with van der Waals surface area (Å²) in [5.41, 5.74) is 0. The quantitative estimate of drug-likeness (QED) is 0.871. The third kappa shape index (κ3) is 2.90. The standard InChI is InChI=1S/C11H17NO4S2/c1-4-6-12(5-2)18(15,16)10-7-9(11(13)14)17-8(10)3/h7H,4-6H2,1-3H3,(H,13,14). The number of hydrogen-bond acceptors (Lipinski definition) is 4. The van der Waals surface area contributed by atoms with Gasteiger partial charge in [-0.2, -0.15) is 4.31 Å². The molecule has 18 heavy (non-hydrogen) atoms. The van der Waals surface area contributed by atoms with E-state index in [4.69, 9.17) is 5.11 Å². The second kappa shape index (κ2) is 5.81. The van der Waals surface area contributed by atoms with E-state index in [0.717, 1.165) is 17.8 Å². The third-order valence-corrected chi connectivity index (χ3v) is 5.79. The number of hydrogen-bond donors (Lipinski definition) is 1. The Bertz CT molecular complexity index is 533. The first-order valence-corrected chi connectivity index (χ1v) is 7.94. The van der Waals surface area contributed by atoms with Gasteiger partial charge >= 0.3 is 5.97 Å². The maximum atomic E-state index is 12.3. The molecule has 0 radical (unpaired) electrons. The molecule has 0 saturated heterocycles. The Morgan fingerprint density at radius 2 is 2.06 bits per heavy atom. The Morgan fingerprint density at radius 1 is 1.44 bits per heavy atom. The number of carboxylic acid groups (broad SMARTS) is 1. The Balaban J connectivity index is 3.23. The molecule has 1 aromatic rings. The van der Waals surface area contributed by atoms with Crippen LogP contribution >= 0.6 is 11.3 Å². The number of rotatable bonds is 6. The van der Waals surface area contributed by atoms with E-state index in [2.05, 4.69) is 0 Å². The fourth-order valence-electron chi connectivity index (χ4n) is 1.66. The number of carbonyl (C=O) groups is 1. The Morgan fingerprint density at radius 3 is 2.44 bits per heavy atom. The van der Waals surface area contributed by atoms with Gasteiger partial charge in [-0.15, -0.1) is 11.3 Å². The summed E-state index contributed by atoms with van der Waals surface area (Å²) in [5, 5.41) is 8.89. The van der Waals surface area contributed by atoms with Crippen LogP contribution in [0.25, 0.3) is 0 Å². The van der Waals surface area contributed by atoms with E-state index >= 15 is 0 Å². The van der Waals surface area contributed by atoms with Gasteiger partial charge < -0.3 is 5.11 Å². The van der Waals surface area contributed by atoms with E-state index in [9.17, 15) is 13.2 Å². The predicted octanol–water partition coefficient (Wildman–Crippen LogP) is 2.18. The van der Waals surface area contributed by atoms with Gasteiger partial charge in [0.05, 0.1) is 4.90 Å². The van der Waals surface area contributed by atoms with Crippen molar-refractivity contribution >= 4 is 27.3 Å². The molecule has 1 heterocycles. The molecule has 0 aliphatic carbocycles. The zero-order valence-corrected chi connectivity index (χ0v) is 12.3. The minimum atomic E-state index is -3.58. The van der Waals surface area contributed by atoms with Gasteiger partial charge in [0.15, 0.2) is 0 Å². The fourth-order valence-corrected chi connectivity index (χ4v) is 4.60. The van der Waals surface area contributed by atoms with Crippen LogP contribution in [0.2, 0.25) is 0 Å². The first kappa shape index (κ1) is 15.1. The molecule has 0 unspecified atom stereocenters. The predicted molar refractivity (Wildman–Crippen MR) is 70.7 cm³/mol. The Labute approximate surface area is 111 Å². The van der Waals surface area contributed by atoms with Gasteiger partial charge in [-0.3, -0.25) is 0 Å². The van der Waals surface area contributed by atoms with Crippen molar-refractivity contribution in [3.63, 3.8) is 0 Å². The molecule has 0 spiro atoms. The molecule has 1 N–H and O–H groups in total. The molecule has 1 aromatic heterocycles. The first-order valence-electron chi connectivity index (χ1n) is 5.68. The molecule has 0 atom stereocenters. The van der Waals surface area contributed by atoms with E-state index in [0.29, 0.717) is 18.0 Å². The summed E-state index contributed by atoms with van der Waals surface area (Å²) in [6, 6.07) is 1.25. The van der Waals surface area contributed by atoms with Gasteiger partial charge in [-0.1, -0.05) is 13.8 Å². The molecule has 5 nitrogen and oxygen atoms in total. The topological polar surface area (TPSA) is 74.7 Å². The Hall–Kier alpha value is -0.920. The molecule has 0 amide bonds. The molecule has 102 valence electrons. The number of sulfonamides is 1. The maximum Gasteiger partial charge on any atom is 0.345 e. The van der Waals surface area contributed by atoms with Crippen LogP contribution in [0.15, 0.2) is 11.0 Å². The molecule has 0 aliphatic heterocycles. The monoisotopic (exact) mass is 291 g/mol. The van der Waals surface area contributed by atoms with Crippen molar-refractivity contribution in [3.8, 4) is 0 Å². The average molecular weight is 291 g/mol. The zero-order valence-electron chi connectivity index (χ0n) is 10.6. The van der Waals surface area contributed by atoms with Gasteiger partial charge in [0.25, 0.3) is 0 Å². The highest BCUT2D eigenvalue weighted by Crippen LogP contribution is 2.28. The SMILES string of the molecule is CCCN(CC)S(=O)(=O)c1cc(C(=O)O)sc1C. The average Bonchev–Trinajstić information content (AvgIpc) is 2.68. The molecule has 0 aliphatic rings. The van der Waals surface area contributed by atoms with Gasteiger partial charge in [-0.25, -0.2) is 13.2 Å². The van der Waals surface area contributed by atoms with E-state index in [1.807, 2.05) is 6.92 Å². The molecule has 0 fully saturated rings. The first-order chi connectivity index (χ1) is 8.34. The third-order valence-electron chi connectivity index (χ3n) is 2.53. The highest BCUT2D eigenvalue weighted by molar-refractivity contribution is 7.89. The largest absolute Gasteiger partial charge is 0.477 e. The second-order valence-electron chi connectivity index (χ2n) is 3.83. The number of nitrogens with zero attached hydrogens (tertiary/aromatic N) is 1. The maximum absolute atomic E-state index is 12.3. The Kier molecular flexibility index (Phi) is 4.89.